The van der Waals surface area contributed by atoms with Crippen molar-refractivity contribution in [3.05, 3.63) is 52.3 Å². The third-order valence-corrected chi connectivity index (χ3v) is 6.22. The highest BCUT2D eigenvalue weighted by atomic mass is 15.1. The van der Waals surface area contributed by atoms with Crippen molar-refractivity contribution in [2.45, 2.75) is 65.7 Å². The molecule has 0 saturated heterocycles. The molecule has 0 bridgehead atoms. The maximum absolute atomic E-state index is 5.11. The van der Waals surface area contributed by atoms with Gasteiger partial charge in [-0.3, -0.25) is 0 Å². The highest BCUT2D eigenvalue weighted by Gasteiger charge is 2.25. The third-order valence-electron chi connectivity index (χ3n) is 6.22. The van der Waals surface area contributed by atoms with E-state index in [-0.39, 0.29) is 0 Å². The molecule has 0 spiro atoms. The summed E-state index contributed by atoms with van der Waals surface area (Å²) in [5, 5.41) is 0. The summed E-state index contributed by atoms with van der Waals surface area (Å²) >= 11 is 0. The Hall–Kier alpha value is -2.09. The lowest BCUT2D eigenvalue weighted by molar-refractivity contribution is 0.725. The second-order valence-electron chi connectivity index (χ2n) is 8.09. The number of aryl methyl sites for hydroxylation is 5. The zero-order valence-electron chi connectivity index (χ0n) is 16.8. The monoisotopic (exact) mass is 346 g/mol. The number of hydrogen-bond donors (Lipinski definition) is 0. The lowest BCUT2D eigenvalue weighted by atomic mass is 9.84. The van der Waals surface area contributed by atoms with Crippen LogP contribution in [0.15, 0.2) is 24.3 Å². The lowest BCUT2D eigenvalue weighted by Gasteiger charge is -2.20. The minimum absolute atomic E-state index is 0.682. The first-order valence-electron chi connectivity index (χ1n) is 10.1. The maximum Gasteiger partial charge on any atom is 0.109 e. The van der Waals surface area contributed by atoms with Gasteiger partial charge in [0.1, 0.15) is 5.82 Å². The number of benzene rings is 2. The van der Waals surface area contributed by atoms with Gasteiger partial charge in [-0.1, -0.05) is 43.5 Å². The van der Waals surface area contributed by atoms with Crippen LogP contribution in [-0.2, 0) is 13.5 Å². The Kier molecular flexibility index (Phi) is 4.38. The second-order valence-corrected chi connectivity index (χ2v) is 8.09. The molecule has 2 nitrogen and oxygen atoms in total. The van der Waals surface area contributed by atoms with E-state index in [1.54, 1.807) is 0 Å². The van der Waals surface area contributed by atoms with E-state index in [0.29, 0.717) is 5.92 Å². The van der Waals surface area contributed by atoms with Gasteiger partial charge in [0, 0.05) is 19.0 Å². The molecule has 1 aliphatic rings. The number of rotatable bonds is 3. The van der Waals surface area contributed by atoms with Crippen molar-refractivity contribution in [3.8, 4) is 11.1 Å². The van der Waals surface area contributed by atoms with Gasteiger partial charge >= 0.3 is 0 Å². The average molecular weight is 347 g/mol. The van der Waals surface area contributed by atoms with Crippen LogP contribution in [0.25, 0.3) is 22.2 Å². The summed E-state index contributed by atoms with van der Waals surface area (Å²) < 4.78 is 2.27. The number of nitrogens with zero attached hydrogens (tertiary/aromatic N) is 2. The van der Waals surface area contributed by atoms with Crippen LogP contribution in [0.2, 0.25) is 0 Å². The zero-order valence-corrected chi connectivity index (χ0v) is 16.8. The van der Waals surface area contributed by atoms with Gasteiger partial charge in [-0.25, -0.2) is 4.98 Å². The van der Waals surface area contributed by atoms with Crippen LogP contribution in [-0.4, -0.2) is 9.55 Å². The molecule has 1 heterocycles. The van der Waals surface area contributed by atoms with Crippen molar-refractivity contribution in [2.75, 3.05) is 0 Å². The first kappa shape index (κ1) is 17.3. The summed E-state index contributed by atoms with van der Waals surface area (Å²) in [6.07, 6.45) is 6.31. The number of hydrogen-bond acceptors (Lipinski definition) is 1. The molecular weight excluding hydrogens is 316 g/mol. The minimum atomic E-state index is 0.682. The molecule has 0 N–H and O–H groups in total. The van der Waals surface area contributed by atoms with Gasteiger partial charge in [-0.05, 0) is 67.9 Å². The lowest BCUT2D eigenvalue weighted by Crippen LogP contribution is -2.01. The van der Waals surface area contributed by atoms with Gasteiger partial charge in [0.15, 0.2) is 0 Å². The summed E-state index contributed by atoms with van der Waals surface area (Å²) in [6, 6.07) is 9.34. The molecule has 0 radical (unpaired) electrons. The highest BCUT2D eigenvalue weighted by molar-refractivity contribution is 5.96. The Morgan fingerprint density at radius 1 is 1.00 bits per heavy atom. The summed E-state index contributed by atoms with van der Waals surface area (Å²) in [5.41, 5.74) is 10.9. The number of imidazole rings is 1. The SMILES string of the molecule is CCc1nc2c(-c3c(C)cc(C)cc3C)c(C3CCCC3)ccc2n1C. The molecule has 26 heavy (non-hydrogen) atoms. The fraction of sp³-hybridized carbons (Fsp3) is 0.458. The van der Waals surface area contributed by atoms with Crippen LogP contribution >= 0.6 is 0 Å². The first-order valence-corrected chi connectivity index (χ1v) is 10.1. The van der Waals surface area contributed by atoms with Crippen LogP contribution in [0, 0.1) is 20.8 Å². The molecule has 0 unspecified atom stereocenters. The summed E-state index contributed by atoms with van der Waals surface area (Å²) in [6.45, 7) is 8.91. The number of aromatic nitrogens is 2. The van der Waals surface area contributed by atoms with E-state index in [9.17, 15) is 0 Å². The van der Waals surface area contributed by atoms with Crippen molar-refractivity contribution >= 4 is 11.0 Å². The maximum atomic E-state index is 5.11. The van der Waals surface area contributed by atoms with Gasteiger partial charge < -0.3 is 4.57 Å². The standard InChI is InChI=1S/C24H30N2/c1-6-21-25-24-20(26(21)5)12-11-19(18-9-7-8-10-18)23(24)22-16(3)13-15(2)14-17(22)4/h11-14,18H,6-10H2,1-5H3. The van der Waals surface area contributed by atoms with Gasteiger partial charge in [0.05, 0.1) is 11.0 Å². The molecule has 0 aliphatic heterocycles. The van der Waals surface area contributed by atoms with Crippen molar-refractivity contribution in [3.63, 3.8) is 0 Å². The highest BCUT2D eigenvalue weighted by Crippen LogP contribution is 2.44. The Morgan fingerprint density at radius 3 is 2.27 bits per heavy atom. The molecule has 1 fully saturated rings. The van der Waals surface area contributed by atoms with Gasteiger partial charge in [0.2, 0.25) is 0 Å². The van der Waals surface area contributed by atoms with Crippen molar-refractivity contribution in [1.29, 1.82) is 0 Å². The molecule has 136 valence electrons. The second kappa shape index (κ2) is 6.57. The molecule has 2 heteroatoms. The van der Waals surface area contributed by atoms with Crippen LogP contribution in [0.4, 0.5) is 0 Å². The average Bonchev–Trinajstić information content (AvgIpc) is 3.22. The quantitative estimate of drug-likeness (QED) is 0.537. The fourth-order valence-electron chi connectivity index (χ4n) is 5.05. The molecule has 1 aliphatic carbocycles. The molecule has 3 aromatic rings. The minimum Gasteiger partial charge on any atom is -0.331 e. The van der Waals surface area contributed by atoms with Crippen molar-refractivity contribution in [2.24, 2.45) is 7.05 Å². The Bertz CT molecular complexity index is 949. The summed E-state index contributed by atoms with van der Waals surface area (Å²) in [7, 11) is 2.15. The molecule has 1 aromatic heterocycles. The summed E-state index contributed by atoms with van der Waals surface area (Å²) in [4.78, 5) is 5.11. The predicted octanol–water partition coefficient (Wildman–Crippen LogP) is 6.39. The normalized spacial score (nSPS) is 15.3. The molecular formula is C24H30N2. The van der Waals surface area contributed by atoms with E-state index < -0.39 is 0 Å². The van der Waals surface area contributed by atoms with Gasteiger partial charge in [-0.15, -0.1) is 0 Å². The van der Waals surface area contributed by atoms with Gasteiger partial charge in [0.25, 0.3) is 0 Å². The van der Waals surface area contributed by atoms with E-state index >= 15 is 0 Å². The predicted molar refractivity (Wildman–Crippen MR) is 111 cm³/mol. The smallest absolute Gasteiger partial charge is 0.109 e. The van der Waals surface area contributed by atoms with Crippen molar-refractivity contribution < 1.29 is 0 Å². The Morgan fingerprint density at radius 2 is 1.65 bits per heavy atom. The number of fused-ring (bicyclic) bond motifs is 1. The van der Waals surface area contributed by atoms with Crippen LogP contribution in [0.1, 0.15) is 66.6 Å². The van der Waals surface area contributed by atoms with Gasteiger partial charge in [-0.2, -0.15) is 0 Å². The zero-order chi connectivity index (χ0) is 18.4. The van der Waals surface area contributed by atoms with E-state index in [4.69, 9.17) is 4.98 Å². The van der Waals surface area contributed by atoms with Crippen LogP contribution in [0.5, 0.6) is 0 Å². The molecule has 0 atom stereocenters. The largest absolute Gasteiger partial charge is 0.331 e. The Balaban J connectivity index is 2.08. The van der Waals surface area contributed by atoms with E-state index in [2.05, 4.69) is 63.6 Å². The topological polar surface area (TPSA) is 17.8 Å². The third kappa shape index (κ3) is 2.67. The summed E-state index contributed by atoms with van der Waals surface area (Å²) in [5.74, 6) is 1.86. The molecule has 1 saturated carbocycles. The first-order chi connectivity index (χ1) is 12.5. The van der Waals surface area contributed by atoms with Crippen molar-refractivity contribution in [1.82, 2.24) is 9.55 Å². The Labute approximate surface area is 157 Å². The van der Waals surface area contributed by atoms with E-state index in [1.165, 1.54) is 75.9 Å². The molecule has 2 aromatic carbocycles. The van der Waals surface area contributed by atoms with E-state index in [1.807, 2.05) is 0 Å². The van der Waals surface area contributed by atoms with Crippen LogP contribution in [0.3, 0.4) is 0 Å². The fourth-order valence-corrected chi connectivity index (χ4v) is 5.05. The molecule has 4 rings (SSSR count). The van der Waals surface area contributed by atoms with E-state index in [0.717, 1.165) is 6.42 Å². The van der Waals surface area contributed by atoms with Crippen LogP contribution < -0.4 is 0 Å². The molecule has 0 amide bonds.